The van der Waals surface area contributed by atoms with Crippen LogP contribution in [0.25, 0.3) is 22.2 Å². The van der Waals surface area contributed by atoms with Crippen molar-refractivity contribution in [2.75, 3.05) is 19.1 Å². The van der Waals surface area contributed by atoms with Crippen molar-refractivity contribution in [3.63, 3.8) is 0 Å². The molecule has 0 aliphatic heterocycles. The predicted molar refractivity (Wildman–Crippen MR) is 122 cm³/mol. The Morgan fingerprint density at radius 3 is 2.53 bits per heavy atom. The van der Waals surface area contributed by atoms with Crippen molar-refractivity contribution in [1.29, 1.82) is 0 Å². The SMILES string of the molecule is COc1ccc(-c2nn(C(C)C(=O)N(C)c3cccc(C)c3)c(=O)c3noc(C)c23)cc1. The van der Waals surface area contributed by atoms with E-state index in [9.17, 15) is 9.59 Å². The van der Waals surface area contributed by atoms with Crippen molar-refractivity contribution >= 4 is 22.5 Å². The van der Waals surface area contributed by atoms with Gasteiger partial charge in [0.1, 0.15) is 23.2 Å². The van der Waals surface area contributed by atoms with Gasteiger partial charge in [0.25, 0.3) is 11.5 Å². The van der Waals surface area contributed by atoms with Crippen molar-refractivity contribution in [3.8, 4) is 17.0 Å². The van der Waals surface area contributed by atoms with Gasteiger partial charge in [-0.3, -0.25) is 9.59 Å². The number of anilines is 1. The Morgan fingerprint density at radius 1 is 1.16 bits per heavy atom. The van der Waals surface area contributed by atoms with Gasteiger partial charge >= 0.3 is 0 Å². The summed E-state index contributed by atoms with van der Waals surface area (Å²) in [5.41, 5.74) is 2.70. The first-order valence-corrected chi connectivity index (χ1v) is 10.2. The molecule has 164 valence electrons. The summed E-state index contributed by atoms with van der Waals surface area (Å²) in [6.07, 6.45) is 0. The molecule has 32 heavy (non-hydrogen) atoms. The standard InChI is InChI=1S/C24H24N4O4/c1-14-7-6-8-18(13-14)27(4)23(29)15(2)28-24(30)22-20(16(3)32-26-22)21(25-28)17-9-11-19(31-5)12-10-17/h6-13,15H,1-5H3. The third-order valence-electron chi connectivity index (χ3n) is 5.53. The zero-order valence-electron chi connectivity index (χ0n) is 18.6. The Labute approximate surface area is 185 Å². The Morgan fingerprint density at radius 2 is 1.88 bits per heavy atom. The van der Waals surface area contributed by atoms with Gasteiger partial charge in [0.2, 0.25) is 0 Å². The molecule has 1 atom stereocenters. The highest BCUT2D eigenvalue weighted by Gasteiger charge is 2.26. The van der Waals surface area contributed by atoms with Gasteiger partial charge in [-0.25, -0.2) is 4.68 Å². The molecule has 0 aliphatic rings. The van der Waals surface area contributed by atoms with E-state index in [1.807, 2.05) is 43.3 Å². The topological polar surface area (TPSA) is 90.5 Å². The summed E-state index contributed by atoms with van der Waals surface area (Å²) in [5.74, 6) is 0.910. The number of hydrogen-bond acceptors (Lipinski definition) is 6. The number of amides is 1. The zero-order chi connectivity index (χ0) is 23.0. The predicted octanol–water partition coefficient (Wildman–Crippen LogP) is 3.90. The van der Waals surface area contributed by atoms with Gasteiger partial charge in [0.15, 0.2) is 5.52 Å². The number of methoxy groups -OCH3 is 1. The van der Waals surface area contributed by atoms with E-state index in [1.54, 1.807) is 40.1 Å². The maximum Gasteiger partial charge on any atom is 0.297 e. The fourth-order valence-electron chi connectivity index (χ4n) is 3.67. The van der Waals surface area contributed by atoms with Gasteiger partial charge in [0.05, 0.1) is 12.5 Å². The van der Waals surface area contributed by atoms with E-state index in [0.29, 0.717) is 22.6 Å². The molecule has 0 saturated carbocycles. The molecule has 4 rings (SSSR count). The zero-order valence-corrected chi connectivity index (χ0v) is 18.6. The lowest BCUT2D eigenvalue weighted by atomic mass is 10.1. The number of aryl methyl sites for hydroxylation is 2. The van der Waals surface area contributed by atoms with Crippen molar-refractivity contribution in [2.45, 2.75) is 26.8 Å². The second kappa shape index (κ2) is 8.30. The van der Waals surface area contributed by atoms with E-state index < -0.39 is 11.6 Å². The minimum atomic E-state index is -0.855. The molecule has 0 saturated heterocycles. The Kier molecular flexibility index (Phi) is 5.52. The highest BCUT2D eigenvalue weighted by molar-refractivity contribution is 5.96. The number of ether oxygens (including phenoxy) is 1. The maximum atomic E-state index is 13.2. The third-order valence-corrected chi connectivity index (χ3v) is 5.53. The maximum absolute atomic E-state index is 13.2. The van der Waals surface area contributed by atoms with Crippen LogP contribution < -0.4 is 15.2 Å². The molecule has 8 heteroatoms. The van der Waals surface area contributed by atoms with Crippen molar-refractivity contribution in [2.24, 2.45) is 0 Å². The molecular weight excluding hydrogens is 408 g/mol. The van der Waals surface area contributed by atoms with Crippen LogP contribution in [0.4, 0.5) is 5.69 Å². The van der Waals surface area contributed by atoms with Crippen molar-refractivity contribution in [3.05, 3.63) is 70.2 Å². The van der Waals surface area contributed by atoms with Crippen LogP contribution in [0.5, 0.6) is 5.75 Å². The van der Waals surface area contributed by atoms with Crippen LogP contribution in [0.15, 0.2) is 57.8 Å². The number of likely N-dealkylation sites (N-methyl/N-ethyl adjacent to an activating group) is 1. The molecule has 0 fully saturated rings. The molecule has 2 heterocycles. The molecule has 0 spiro atoms. The Balaban J connectivity index is 1.82. The highest BCUT2D eigenvalue weighted by Crippen LogP contribution is 2.29. The van der Waals surface area contributed by atoms with Crippen LogP contribution in [0.3, 0.4) is 0 Å². The Hall–Kier alpha value is -3.94. The van der Waals surface area contributed by atoms with E-state index >= 15 is 0 Å². The van der Waals surface area contributed by atoms with Gasteiger partial charge in [-0.1, -0.05) is 17.3 Å². The van der Waals surface area contributed by atoms with Gasteiger partial charge in [0, 0.05) is 18.3 Å². The van der Waals surface area contributed by atoms with Gasteiger partial charge in [-0.15, -0.1) is 0 Å². The molecule has 0 radical (unpaired) electrons. The molecule has 8 nitrogen and oxygen atoms in total. The first-order valence-electron chi connectivity index (χ1n) is 10.2. The third kappa shape index (κ3) is 3.64. The minimum absolute atomic E-state index is 0.140. The highest BCUT2D eigenvalue weighted by atomic mass is 16.5. The molecule has 2 aromatic carbocycles. The molecule has 1 unspecified atom stereocenters. The van der Waals surface area contributed by atoms with Gasteiger partial charge in [-0.2, -0.15) is 5.10 Å². The molecule has 2 aromatic heterocycles. The summed E-state index contributed by atoms with van der Waals surface area (Å²) in [4.78, 5) is 27.9. The molecular formula is C24H24N4O4. The number of hydrogen-bond donors (Lipinski definition) is 0. The summed E-state index contributed by atoms with van der Waals surface area (Å²) in [7, 11) is 3.27. The van der Waals surface area contributed by atoms with E-state index in [0.717, 1.165) is 16.8 Å². The number of rotatable bonds is 5. The summed E-state index contributed by atoms with van der Waals surface area (Å²) in [6, 6.07) is 14.0. The molecule has 0 bridgehead atoms. The largest absolute Gasteiger partial charge is 0.497 e. The first-order chi connectivity index (χ1) is 15.3. The normalized spacial score (nSPS) is 12.0. The average molecular weight is 432 g/mol. The summed E-state index contributed by atoms with van der Waals surface area (Å²) in [5, 5.41) is 9.08. The van der Waals surface area contributed by atoms with Crippen LogP contribution in [0.2, 0.25) is 0 Å². The number of fused-ring (bicyclic) bond motifs is 1. The number of nitrogens with zero attached hydrogens (tertiary/aromatic N) is 4. The fourth-order valence-corrected chi connectivity index (χ4v) is 3.67. The quantitative estimate of drug-likeness (QED) is 0.475. The van der Waals surface area contributed by atoms with Crippen LogP contribution in [-0.4, -0.2) is 35.0 Å². The lowest BCUT2D eigenvalue weighted by molar-refractivity contribution is -0.121. The van der Waals surface area contributed by atoms with Gasteiger partial charge in [-0.05, 0) is 62.7 Å². The van der Waals surface area contributed by atoms with Crippen LogP contribution >= 0.6 is 0 Å². The van der Waals surface area contributed by atoms with Crippen LogP contribution in [-0.2, 0) is 4.79 Å². The van der Waals surface area contributed by atoms with Crippen LogP contribution in [0.1, 0.15) is 24.3 Å². The second-order valence-corrected chi connectivity index (χ2v) is 7.70. The van der Waals surface area contributed by atoms with E-state index in [4.69, 9.17) is 9.26 Å². The average Bonchev–Trinajstić information content (AvgIpc) is 3.20. The lowest BCUT2D eigenvalue weighted by Crippen LogP contribution is -2.38. The summed E-state index contributed by atoms with van der Waals surface area (Å²) >= 11 is 0. The molecule has 0 aliphatic carbocycles. The minimum Gasteiger partial charge on any atom is -0.497 e. The van der Waals surface area contributed by atoms with Crippen molar-refractivity contribution < 1.29 is 14.1 Å². The second-order valence-electron chi connectivity index (χ2n) is 7.70. The van der Waals surface area contributed by atoms with E-state index in [-0.39, 0.29) is 11.4 Å². The smallest absolute Gasteiger partial charge is 0.297 e. The monoisotopic (exact) mass is 432 g/mol. The lowest BCUT2D eigenvalue weighted by Gasteiger charge is -2.23. The number of carbonyl (C=O) groups is 1. The summed E-state index contributed by atoms with van der Waals surface area (Å²) in [6.45, 7) is 5.34. The van der Waals surface area contributed by atoms with E-state index in [2.05, 4.69) is 10.3 Å². The summed E-state index contributed by atoms with van der Waals surface area (Å²) < 4.78 is 11.7. The van der Waals surface area contributed by atoms with Crippen LogP contribution in [0, 0.1) is 13.8 Å². The van der Waals surface area contributed by atoms with Crippen molar-refractivity contribution in [1.82, 2.24) is 14.9 Å². The Bertz CT molecular complexity index is 1350. The number of carbonyl (C=O) groups excluding carboxylic acids is 1. The number of benzene rings is 2. The molecule has 4 aromatic rings. The number of aromatic nitrogens is 3. The fraction of sp³-hybridized carbons (Fsp3) is 0.250. The molecule has 1 amide bonds. The van der Waals surface area contributed by atoms with Gasteiger partial charge < -0.3 is 14.2 Å². The first kappa shape index (κ1) is 21.3. The molecule has 0 N–H and O–H groups in total. The van der Waals surface area contributed by atoms with E-state index in [1.165, 1.54) is 9.58 Å².